The second-order valence-electron chi connectivity index (χ2n) is 3.47. The van der Waals surface area contributed by atoms with E-state index in [1.807, 2.05) is 0 Å². The topological polar surface area (TPSA) is 118 Å². The van der Waals surface area contributed by atoms with Crippen molar-refractivity contribution in [1.29, 1.82) is 0 Å². The molecule has 90 valence electrons. The molecule has 16 heavy (non-hydrogen) atoms. The Hall–Kier alpha value is -1.69. The van der Waals surface area contributed by atoms with Gasteiger partial charge in [-0.1, -0.05) is 6.08 Å². The zero-order valence-corrected chi connectivity index (χ0v) is 9.19. The van der Waals surface area contributed by atoms with Gasteiger partial charge in [0.15, 0.2) is 11.3 Å². The van der Waals surface area contributed by atoms with Crippen LogP contribution in [0.2, 0.25) is 0 Å². The molecule has 0 aliphatic heterocycles. The number of rotatable bonds is 6. The number of carboxylic acid groups (broad SMARTS) is 2. The van der Waals surface area contributed by atoms with E-state index in [2.05, 4.69) is 0 Å². The van der Waals surface area contributed by atoms with Crippen molar-refractivity contribution in [2.45, 2.75) is 32.2 Å². The monoisotopic (exact) mass is 229 g/mol. The molecule has 0 fully saturated rings. The number of hydrogen-bond donors (Lipinski definition) is 3. The Bertz CT molecular complexity index is 347. The zero-order valence-electron chi connectivity index (χ0n) is 9.19. The van der Waals surface area contributed by atoms with Crippen LogP contribution >= 0.6 is 0 Å². The molecule has 0 saturated heterocycles. The Morgan fingerprint density at radius 2 is 1.81 bits per heavy atom. The summed E-state index contributed by atoms with van der Waals surface area (Å²) in [5.74, 6) is -3.47. The summed E-state index contributed by atoms with van der Waals surface area (Å²) in [6.45, 7) is 3.01. The van der Waals surface area contributed by atoms with Gasteiger partial charge in [-0.15, -0.1) is 0 Å². The maximum absolute atomic E-state index is 11.7. The van der Waals surface area contributed by atoms with E-state index in [0.717, 1.165) is 0 Å². The van der Waals surface area contributed by atoms with Gasteiger partial charge >= 0.3 is 11.9 Å². The number of aliphatic carboxylic acids is 2. The lowest BCUT2D eigenvalue weighted by molar-refractivity contribution is -0.148. The number of allylic oxidation sites excluding steroid dienone is 1. The molecule has 0 aromatic heterocycles. The minimum absolute atomic E-state index is 0.204. The number of carbonyl (C=O) groups is 3. The second-order valence-corrected chi connectivity index (χ2v) is 3.47. The molecule has 0 aliphatic carbocycles. The number of hydrogen-bond acceptors (Lipinski definition) is 4. The van der Waals surface area contributed by atoms with E-state index in [-0.39, 0.29) is 5.57 Å². The predicted molar refractivity (Wildman–Crippen MR) is 55.9 cm³/mol. The Morgan fingerprint density at radius 1 is 1.31 bits per heavy atom. The standard InChI is InChI=1S/C10H15NO5/c1-3-6(2)8(14)10(11,9(15)16)5-4-7(12)13/h3H,4-5,11H2,1-2H3,(H,12,13)(H,15,16)/b6-3+. The zero-order chi connectivity index (χ0) is 12.9. The van der Waals surface area contributed by atoms with Gasteiger partial charge in [-0.25, -0.2) is 4.79 Å². The Balaban J connectivity index is 5.04. The number of Topliss-reactive ketones (excluding diaryl/α,β-unsaturated/α-hetero) is 1. The molecule has 0 saturated carbocycles. The van der Waals surface area contributed by atoms with E-state index in [1.165, 1.54) is 13.0 Å². The first kappa shape index (κ1) is 14.3. The third-order valence-corrected chi connectivity index (χ3v) is 2.31. The average molecular weight is 229 g/mol. The normalized spacial score (nSPS) is 15.3. The summed E-state index contributed by atoms with van der Waals surface area (Å²) in [6.07, 6.45) is 0.543. The van der Waals surface area contributed by atoms with E-state index in [1.54, 1.807) is 6.92 Å². The number of carboxylic acids is 2. The fourth-order valence-corrected chi connectivity index (χ4v) is 1.10. The lowest BCUT2D eigenvalue weighted by atomic mass is 9.86. The summed E-state index contributed by atoms with van der Waals surface area (Å²) >= 11 is 0. The Morgan fingerprint density at radius 3 is 2.12 bits per heavy atom. The third kappa shape index (κ3) is 3.16. The smallest absolute Gasteiger partial charge is 0.331 e. The fraction of sp³-hybridized carbons (Fsp3) is 0.500. The van der Waals surface area contributed by atoms with Crippen molar-refractivity contribution in [3.8, 4) is 0 Å². The maximum Gasteiger partial charge on any atom is 0.331 e. The molecule has 0 spiro atoms. The van der Waals surface area contributed by atoms with Crippen molar-refractivity contribution < 1.29 is 24.6 Å². The summed E-state index contributed by atoms with van der Waals surface area (Å²) in [6, 6.07) is 0. The highest BCUT2D eigenvalue weighted by atomic mass is 16.4. The third-order valence-electron chi connectivity index (χ3n) is 2.31. The molecule has 6 nitrogen and oxygen atoms in total. The second kappa shape index (κ2) is 5.41. The largest absolute Gasteiger partial charge is 0.481 e. The van der Waals surface area contributed by atoms with Crippen LogP contribution in [0.25, 0.3) is 0 Å². The summed E-state index contributed by atoms with van der Waals surface area (Å²) in [5, 5.41) is 17.4. The van der Waals surface area contributed by atoms with Crippen molar-refractivity contribution >= 4 is 17.7 Å². The fourth-order valence-electron chi connectivity index (χ4n) is 1.10. The molecule has 4 N–H and O–H groups in total. The molecule has 0 bridgehead atoms. The van der Waals surface area contributed by atoms with Crippen molar-refractivity contribution in [2.24, 2.45) is 5.73 Å². The molecule has 1 unspecified atom stereocenters. The lowest BCUT2D eigenvalue weighted by Crippen LogP contribution is -2.55. The van der Waals surface area contributed by atoms with Gasteiger partial charge in [-0.3, -0.25) is 9.59 Å². The van der Waals surface area contributed by atoms with Gasteiger partial charge in [0, 0.05) is 6.42 Å². The van der Waals surface area contributed by atoms with Crippen molar-refractivity contribution in [3.63, 3.8) is 0 Å². The number of carbonyl (C=O) groups excluding carboxylic acids is 1. The predicted octanol–water partition coefficient (Wildman–Crippen LogP) is 0.169. The quantitative estimate of drug-likeness (QED) is 0.441. The number of nitrogens with two attached hydrogens (primary N) is 1. The molecule has 0 rings (SSSR count). The maximum atomic E-state index is 11.7. The van der Waals surface area contributed by atoms with Gasteiger partial charge in [-0.2, -0.15) is 0 Å². The van der Waals surface area contributed by atoms with Gasteiger partial charge in [0.1, 0.15) is 0 Å². The molecule has 1 atom stereocenters. The van der Waals surface area contributed by atoms with E-state index in [4.69, 9.17) is 15.9 Å². The van der Waals surface area contributed by atoms with E-state index in [0.29, 0.717) is 0 Å². The first-order chi connectivity index (χ1) is 7.25. The van der Waals surface area contributed by atoms with Crippen molar-refractivity contribution in [2.75, 3.05) is 0 Å². The SMILES string of the molecule is C/C=C(\C)C(=O)C(N)(CCC(=O)O)C(=O)O. The van der Waals surface area contributed by atoms with Gasteiger partial charge in [0.25, 0.3) is 0 Å². The first-order valence-electron chi connectivity index (χ1n) is 4.67. The van der Waals surface area contributed by atoms with E-state index >= 15 is 0 Å². The van der Waals surface area contributed by atoms with Crippen LogP contribution in [0.4, 0.5) is 0 Å². The average Bonchev–Trinajstić information content (AvgIpc) is 2.23. The van der Waals surface area contributed by atoms with Crippen LogP contribution in [0.5, 0.6) is 0 Å². The van der Waals surface area contributed by atoms with Crippen LogP contribution in [0.1, 0.15) is 26.7 Å². The molecular formula is C10H15NO5. The van der Waals surface area contributed by atoms with Crippen LogP contribution < -0.4 is 5.73 Å². The summed E-state index contributed by atoms with van der Waals surface area (Å²) in [7, 11) is 0. The summed E-state index contributed by atoms with van der Waals surface area (Å²) in [4.78, 5) is 33.0. The lowest BCUT2D eigenvalue weighted by Gasteiger charge is -2.22. The van der Waals surface area contributed by atoms with Gasteiger partial charge in [0.05, 0.1) is 0 Å². The molecule has 0 aromatic rings. The van der Waals surface area contributed by atoms with Gasteiger partial charge < -0.3 is 15.9 Å². The van der Waals surface area contributed by atoms with Crippen molar-refractivity contribution in [3.05, 3.63) is 11.6 Å². The van der Waals surface area contributed by atoms with E-state index in [9.17, 15) is 14.4 Å². The van der Waals surface area contributed by atoms with Crippen molar-refractivity contribution in [1.82, 2.24) is 0 Å². The summed E-state index contributed by atoms with van der Waals surface area (Å²) in [5.41, 5.74) is 3.50. The molecule has 0 aromatic carbocycles. The highest BCUT2D eigenvalue weighted by Gasteiger charge is 2.42. The minimum Gasteiger partial charge on any atom is -0.481 e. The van der Waals surface area contributed by atoms with Crippen LogP contribution in [-0.4, -0.2) is 33.5 Å². The van der Waals surface area contributed by atoms with Crippen LogP contribution in [0, 0.1) is 0 Å². The Kier molecular flexibility index (Phi) is 4.84. The van der Waals surface area contributed by atoms with E-state index < -0.39 is 36.1 Å². The minimum atomic E-state index is -2.16. The molecule has 0 radical (unpaired) electrons. The molecule has 6 heteroatoms. The Labute approximate surface area is 92.7 Å². The van der Waals surface area contributed by atoms with Gasteiger partial charge in [0.2, 0.25) is 0 Å². The molecule has 0 amide bonds. The molecule has 0 heterocycles. The highest BCUT2D eigenvalue weighted by molar-refractivity contribution is 6.15. The number of ketones is 1. The molecular weight excluding hydrogens is 214 g/mol. The highest BCUT2D eigenvalue weighted by Crippen LogP contribution is 2.16. The van der Waals surface area contributed by atoms with Crippen LogP contribution in [-0.2, 0) is 14.4 Å². The first-order valence-corrected chi connectivity index (χ1v) is 4.67. The van der Waals surface area contributed by atoms with Crippen LogP contribution in [0.15, 0.2) is 11.6 Å². The van der Waals surface area contributed by atoms with Gasteiger partial charge in [-0.05, 0) is 25.8 Å². The summed E-state index contributed by atoms with van der Waals surface area (Å²) < 4.78 is 0. The van der Waals surface area contributed by atoms with Crippen LogP contribution in [0.3, 0.4) is 0 Å². The molecule has 0 aliphatic rings.